The molecule has 0 atom stereocenters. The van der Waals surface area contributed by atoms with Gasteiger partial charge in [0.05, 0.1) is 4.90 Å². The highest BCUT2D eigenvalue weighted by Crippen LogP contribution is 2.24. The Bertz CT molecular complexity index is 984. The van der Waals surface area contributed by atoms with E-state index in [2.05, 4.69) is 10.0 Å². The van der Waals surface area contributed by atoms with Gasteiger partial charge in [-0.25, -0.2) is 8.42 Å². The lowest BCUT2D eigenvalue weighted by Crippen LogP contribution is -2.35. The van der Waals surface area contributed by atoms with Crippen LogP contribution in [0.4, 0.5) is 17.1 Å². The first-order valence-corrected chi connectivity index (χ1v) is 11.1. The van der Waals surface area contributed by atoms with E-state index in [-0.39, 0.29) is 22.6 Å². The van der Waals surface area contributed by atoms with E-state index >= 15 is 0 Å². The molecule has 154 valence electrons. The molecule has 0 bridgehead atoms. The van der Waals surface area contributed by atoms with Gasteiger partial charge in [0.15, 0.2) is 0 Å². The minimum absolute atomic E-state index is 0.0919. The lowest BCUT2D eigenvalue weighted by molar-refractivity contribution is -0.120. The molecule has 0 spiro atoms. The number of piperidine rings is 1. The van der Waals surface area contributed by atoms with Crippen molar-refractivity contribution in [1.29, 1.82) is 0 Å². The van der Waals surface area contributed by atoms with Crippen LogP contribution in [0.1, 0.15) is 33.1 Å². The van der Waals surface area contributed by atoms with Crippen LogP contribution in [0.25, 0.3) is 0 Å². The topological polar surface area (TPSA) is 95.6 Å². The van der Waals surface area contributed by atoms with Gasteiger partial charge in [-0.2, -0.15) is 0 Å². The van der Waals surface area contributed by atoms with E-state index in [9.17, 15) is 18.0 Å². The van der Waals surface area contributed by atoms with Crippen molar-refractivity contribution in [3.8, 4) is 0 Å². The van der Waals surface area contributed by atoms with E-state index in [1.54, 1.807) is 55.1 Å². The number of sulfonamides is 1. The second-order valence-corrected chi connectivity index (χ2v) is 9.01. The summed E-state index contributed by atoms with van der Waals surface area (Å²) in [4.78, 5) is 25.6. The Morgan fingerprint density at radius 2 is 1.59 bits per heavy atom. The van der Waals surface area contributed by atoms with Gasteiger partial charge in [0.25, 0.3) is 10.0 Å². The first-order chi connectivity index (χ1) is 13.8. The zero-order chi connectivity index (χ0) is 21.0. The summed E-state index contributed by atoms with van der Waals surface area (Å²) in [6.45, 7) is 4.25. The number of carbonyl (C=O) groups excluding carboxylic acids is 2. The molecule has 2 amide bonds. The highest BCUT2D eigenvalue weighted by atomic mass is 32.2. The summed E-state index contributed by atoms with van der Waals surface area (Å²) in [7, 11) is -3.77. The molecule has 29 heavy (non-hydrogen) atoms. The van der Waals surface area contributed by atoms with Crippen LogP contribution in [0.2, 0.25) is 0 Å². The third-order valence-corrected chi connectivity index (χ3v) is 6.11. The smallest absolute Gasteiger partial charge is 0.261 e. The first-order valence-electron chi connectivity index (χ1n) is 9.60. The standard InChI is InChI=1S/C21H25N3O4S/c1-15(2)21(26)22-16-8-12-19(13-9-16)29(27,28)23-17-6-10-18(11-7-17)24-14-4-3-5-20(24)25/h6-13,15,23H,3-5,14H2,1-2H3,(H,22,26). The van der Waals surface area contributed by atoms with Crippen LogP contribution < -0.4 is 14.9 Å². The van der Waals surface area contributed by atoms with Crippen molar-refractivity contribution in [1.82, 2.24) is 0 Å². The Labute approximate surface area is 171 Å². The fourth-order valence-electron chi connectivity index (χ4n) is 3.01. The summed E-state index contributed by atoms with van der Waals surface area (Å²) in [5.41, 5.74) is 1.72. The van der Waals surface area contributed by atoms with Gasteiger partial charge in [-0.05, 0) is 61.4 Å². The van der Waals surface area contributed by atoms with E-state index < -0.39 is 10.0 Å². The Morgan fingerprint density at radius 3 is 2.17 bits per heavy atom. The molecule has 1 heterocycles. The van der Waals surface area contributed by atoms with E-state index in [0.29, 0.717) is 24.3 Å². The van der Waals surface area contributed by atoms with Crippen LogP contribution >= 0.6 is 0 Å². The summed E-state index contributed by atoms with van der Waals surface area (Å²) >= 11 is 0. The van der Waals surface area contributed by atoms with Crippen LogP contribution in [0.5, 0.6) is 0 Å². The lowest BCUT2D eigenvalue weighted by Gasteiger charge is -2.26. The van der Waals surface area contributed by atoms with E-state index in [1.807, 2.05) is 0 Å². The molecule has 0 saturated carbocycles. The summed E-state index contributed by atoms with van der Waals surface area (Å²) < 4.78 is 27.8. The molecule has 0 aliphatic carbocycles. The summed E-state index contributed by atoms with van der Waals surface area (Å²) in [6.07, 6.45) is 2.42. The third kappa shape index (κ3) is 5.14. The number of anilines is 3. The van der Waals surface area contributed by atoms with Crippen LogP contribution in [0.3, 0.4) is 0 Å². The number of rotatable bonds is 6. The van der Waals surface area contributed by atoms with Crippen LogP contribution in [-0.4, -0.2) is 26.8 Å². The molecular weight excluding hydrogens is 390 g/mol. The minimum atomic E-state index is -3.77. The van der Waals surface area contributed by atoms with Gasteiger partial charge < -0.3 is 10.2 Å². The predicted molar refractivity (Wildman–Crippen MR) is 113 cm³/mol. The molecule has 1 saturated heterocycles. The number of hydrogen-bond acceptors (Lipinski definition) is 4. The van der Waals surface area contributed by atoms with Gasteiger partial charge in [-0.15, -0.1) is 0 Å². The molecular formula is C21H25N3O4S. The van der Waals surface area contributed by atoms with Crippen molar-refractivity contribution in [3.05, 3.63) is 48.5 Å². The average Bonchev–Trinajstić information content (AvgIpc) is 2.69. The molecule has 1 aliphatic heterocycles. The van der Waals surface area contributed by atoms with Gasteiger partial charge in [0.1, 0.15) is 0 Å². The second-order valence-electron chi connectivity index (χ2n) is 7.32. The SMILES string of the molecule is CC(C)C(=O)Nc1ccc(S(=O)(=O)Nc2ccc(N3CCCCC3=O)cc2)cc1. The maximum atomic E-state index is 12.6. The summed E-state index contributed by atoms with van der Waals surface area (Å²) in [5.74, 6) is -0.205. The monoisotopic (exact) mass is 415 g/mol. The Hall–Kier alpha value is -2.87. The number of carbonyl (C=O) groups is 2. The highest BCUT2D eigenvalue weighted by molar-refractivity contribution is 7.92. The Balaban J connectivity index is 1.69. The average molecular weight is 416 g/mol. The maximum Gasteiger partial charge on any atom is 0.261 e. The van der Waals surface area contributed by atoms with E-state index in [0.717, 1.165) is 18.5 Å². The first kappa shape index (κ1) is 20.9. The van der Waals surface area contributed by atoms with Crippen molar-refractivity contribution < 1.29 is 18.0 Å². The van der Waals surface area contributed by atoms with Gasteiger partial charge in [0.2, 0.25) is 11.8 Å². The molecule has 0 radical (unpaired) electrons. The van der Waals surface area contributed by atoms with Crippen LogP contribution in [0.15, 0.2) is 53.4 Å². The van der Waals surface area contributed by atoms with Gasteiger partial charge in [-0.3, -0.25) is 14.3 Å². The van der Waals surface area contributed by atoms with Crippen molar-refractivity contribution in [3.63, 3.8) is 0 Å². The lowest BCUT2D eigenvalue weighted by atomic mass is 10.1. The number of nitrogens with zero attached hydrogens (tertiary/aromatic N) is 1. The van der Waals surface area contributed by atoms with Crippen molar-refractivity contribution in [2.45, 2.75) is 38.0 Å². The normalized spacial score (nSPS) is 14.7. The summed E-state index contributed by atoms with van der Waals surface area (Å²) in [5, 5.41) is 2.72. The second kappa shape index (κ2) is 8.65. The number of hydrogen-bond donors (Lipinski definition) is 2. The Morgan fingerprint density at radius 1 is 0.966 bits per heavy atom. The molecule has 0 aromatic heterocycles. The van der Waals surface area contributed by atoms with E-state index in [1.165, 1.54) is 12.1 Å². The fraction of sp³-hybridized carbons (Fsp3) is 0.333. The maximum absolute atomic E-state index is 12.6. The van der Waals surface area contributed by atoms with Crippen molar-refractivity contribution >= 4 is 38.9 Å². The van der Waals surface area contributed by atoms with Gasteiger partial charge in [-0.1, -0.05) is 13.8 Å². The molecule has 3 rings (SSSR count). The molecule has 2 aromatic rings. The molecule has 0 unspecified atom stereocenters. The fourth-order valence-corrected chi connectivity index (χ4v) is 4.07. The molecule has 1 aliphatic rings. The van der Waals surface area contributed by atoms with Crippen molar-refractivity contribution in [2.75, 3.05) is 21.5 Å². The van der Waals surface area contributed by atoms with Crippen LogP contribution in [0, 0.1) is 5.92 Å². The molecule has 8 heteroatoms. The molecule has 1 fully saturated rings. The summed E-state index contributed by atoms with van der Waals surface area (Å²) in [6, 6.07) is 12.8. The van der Waals surface area contributed by atoms with Gasteiger partial charge in [0, 0.05) is 35.9 Å². The quantitative estimate of drug-likeness (QED) is 0.753. The third-order valence-electron chi connectivity index (χ3n) is 4.71. The minimum Gasteiger partial charge on any atom is -0.326 e. The molecule has 7 nitrogen and oxygen atoms in total. The highest BCUT2D eigenvalue weighted by Gasteiger charge is 2.20. The molecule has 2 aromatic carbocycles. The van der Waals surface area contributed by atoms with Gasteiger partial charge >= 0.3 is 0 Å². The van der Waals surface area contributed by atoms with E-state index in [4.69, 9.17) is 0 Å². The number of amides is 2. The van der Waals surface area contributed by atoms with Crippen LogP contribution in [-0.2, 0) is 19.6 Å². The number of benzene rings is 2. The predicted octanol–water partition coefficient (Wildman–Crippen LogP) is 3.60. The zero-order valence-corrected chi connectivity index (χ0v) is 17.3. The Kier molecular flexibility index (Phi) is 6.22. The largest absolute Gasteiger partial charge is 0.326 e. The number of nitrogens with one attached hydrogen (secondary N) is 2. The molecule has 2 N–H and O–H groups in total. The zero-order valence-electron chi connectivity index (χ0n) is 16.5. The van der Waals surface area contributed by atoms with Crippen molar-refractivity contribution in [2.24, 2.45) is 5.92 Å².